The Kier molecular flexibility index (Phi) is 5.11. The fraction of sp³-hybridized carbons (Fsp3) is 0.647. The van der Waals surface area contributed by atoms with Gasteiger partial charge in [0.15, 0.2) is 0 Å². The van der Waals surface area contributed by atoms with Crippen LogP contribution in [-0.2, 0) is 0 Å². The van der Waals surface area contributed by atoms with Gasteiger partial charge in [-0.25, -0.2) is 4.39 Å². The summed E-state index contributed by atoms with van der Waals surface area (Å²) < 4.78 is 19.1. The summed E-state index contributed by atoms with van der Waals surface area (Å²) in [6.07, 6.45) is 6.13. The molecule has 0 heterocycles. The Labute approximate surface area is 130 Å². The van der Waals surface area contributed by atoms with Crippen molar-refractivity contribution in [2.24, 2.45) is 11.3 Å². The zero-order chi connectivity index (χ0) is 14.8. The van der Waals surface area contributed by atoms with Crippen LogP contribution in [0.15, 0.2) is 18.2 Å². The number of halogens is 2. The highest BCUT2D eigenvalue weighted by molar-refractivity contribution is 9.09. The predicted octanol–water partition coefficient (Wildman–Crippen LogP) is 5.88. The molecule has 0 bridgehead atoms. The maximum Gasteiger partial charge on any atom is 0.123 e. The van der Waals surface area contributed by atoms with Crippen molar-refractivity contribution in [1.29, 1.82) is 0 Å². The SMILES string of the molecule is COc1ccc(F)cc1C(Br)C1(CC(C)C)CCCC1. The Morgan fingerprint density at radius 3 is 2.50 bits per heavy atom. The molecule has 1 aromatic carbocycles. The van der Waals surface area contributed by atoms with E-state index in [2.05, 4.69) is 29.8 Å². The van der Waals surface area contributed by atoms with Crippen LogP contribution in [0.25, 0.3) is 0 Å². The maximum absolute atomic E-state index is 13.6. The molecule has 0 N–H and O–H groups in total. The quantitative estimate of drug-likeness (QED) is 0.607. The Morgan fingerprint density at radius 2 is 1.95 bits per heavy atom. The van der Waals surface area contributed by atoms with Crippen LogP contribution in [-0.4, -0.2) is 7.11 Å². The molecule has 1 atom stereocenters. The molecule has 0 radical (unpaired) electrons. The van der Waals surface area contributed by atoms with Crippen LogP contribution in [0, 0.1) is 17.2 Å². The lowest BCUT2D eigenvalue weighted by Gasteiger charge is -2.36. The summed E-state index contributed by atoms with van der Waals surface area (Å²) in [6.45, 7) is 4.53. The summed E-state index contributed by atoms with van der Waals surface area (Å²) >= 11 is 3.88. The molecule has 1 fully saturated rings. The zero-order valence-electron chi connectivity index (χ0n) is 12.6. The monoisotopic (exact) mass is 342 g/mol. The number of rotatable bonds is 5. The number of alkyl halides is 1. The van der Waals surface area contributed by atoms with Crippen molar-refractivity contribution in [3.05, 3.63) is 29.6 Å². The summed E-state index contributed by atoms with van der Waals surface area (Å²) in [4.78, 5) is 0.158. The normalized spacial score (nSPS) is 19.3. The fourth-order valence-electron chi connectivity index (χ4n) is 3.69. The molecular formula is C17H24BrFO. The molecule has 1 aromatic rings. The highest BCUT2D eigenvalue weighted by atomic mass is 79.9. The van der Waals surface area contributed by atoms with Gasteiger partial charge >= 0.3 is 0 Å². The minimum atomic E-state index is -0.192. The third-order valence-electron chi connectivity index (χ3n) is 4.42. The Balaban J connectivity index is 2.36. The summed E-state index contributed by atoms with van der Waals surface area (Å²) in [5.41, 5.74) is 1.19. The van der Waals surface area contributed by atoms with Crippen LogP contribution in [0.2, 0.25) is 0 Å². The standard InChI is InChI=1S/C17H24BrFO/c1-12(2)11-17(8-4-5-9-17)16(18)14-10-13(19)6-7-15(14)20-3/h6-7,10,12,16H,4-5,8-9,11H2,1-3H3. The number of hydrogen-bond donors (Lipinski definition) is 0. The largest absolute Gasteiger partial charge is 0.496 e. The zero-order valence-corrected chi connectivity index (χ0v) is 14.2. The lowest BCUT2D eigenvalue weighted by atomic mass is 9.74. The van der Waals surface area contributed by atoms with Crippen LogP contribution in [0.1, 0.15) is 56.3 Å². The second-order valence-corrected chi connectivity index (χ2v) is 7.33. The van der Waals surface area contributed by atoms with Gasteiger partial charge in [0.2, 0.25) is 0 Å². The minimum absolute atomic E-state index is 0.158. The van der Waals surface area contributed by atoms with Crippen molar-refractivity contribution in [2.45, 2.75) is 50.8 Å². The van der Waals surface area contributed by atoms with Gasteiger partial charge in [-0.05, 0) is 48.8 Å². The molecule has 0 saturated heterocycles. The Morgan fingerprint density at radius 1 is 1.30 bits per heavy atom. The first-order valence-electron chi connectivity index (χ1n) is 7.46. The van der Waals surface area contributed by atoms with Crippen molar-refractivity contribution in [3.63, 3.8) is 0 Å². The molecule has 1 aliphatic rings. The second kappa shape index (κ2) is 6.46. The molecule has 1 nitrogen and oxygen atoms in total. The highest BCUT2D eigenvalue weighted by Gasteiger charge is 2.42. The van der Waals surface area contributed by atoms with Gasteiger partial charge in [-0.1, -0.05) is 42.6 Å². The van der Waals surface area contributed by atoms with E-state index in [1.54, 1.807) is 19.2 Å². The third kappa shape index (κ3) is 3.19. The molecule has 0 spiro atoms. The molecule has 2 rings (SSSR count). The fourth-order valence-corrected chi connectivity index (χ4v) is 4.69. The number of hydrogen-bond acceptors (Lipinski definition) is 1. The van der Waals surface area contributed by atoms with Crippen molar-refractivity contribution >= 4 is 15.9 Å². The number of methoxy groups -OCH3 is 1. The molecule has 112 valence electrons. The Bertz CT molecular complexity index is 452. The van der Waals surface area contributed by atoms with Gasteiger partial charge in [0, 0.05) is 10.4 Å². The number of ether oxygens (including phenoxy) is 1. The van der Waals surface area contributed by atoms with Gasteiger partial charge in [0.1, 0.15) is 11.6 Å². The topological polar surface area (TPSA) is 9.23 Å². The summed E-state index contributed by atoms with van der Waals surface area (Å²) in [6, 6.07) is 4.82. The highest BCUT2D eigenvalue weighted by Crippen LogP contribution is 2.56. The average molecular weight is 343 g/mol. The van der Waals surface area contributed by atoms with E-state index in [0.717, 1.165) is 11.3 Å². The van der Waals surface area contributed by atoms with E-state index < -0.39 is 0 Å². The first-order chi connectivity index (χ1) is 9.48. The summed E-state index contributed by atoms with van der Waals surface area (Å²) in [5, 5.41) is 0. The lowest BCUT2D eigenvalue weighted by Crippen LogP contribution is -2.25. The molecular weight excluding hydrogens is 319 g/mol. The summed E-state index contributed by atoms with van der Waals surface area (Å²) in [7, 11) is 1.65. The van der Waals surface area contributed by atoms with Gasteiger partial charge < -0.3 is 4.74 Å². The van der Waals surface area contributed by atoms with Crippen LogP contribution in [0.3, 0.4) is 0 Å². The van der Waals surface area contributed by atoms with Gasteiger partial charge in [0.25, 0.3) is 0 Å². The molecule has 1 aliphatic carbocycles. The summed E-state index contributed by atoms with van der Waals surface area (Å²) in [5.74, 6) is 1.24. The number of benzene rings is 1. The van der Waals surface area contributed by atoms with Crippen molar-refractivity contribution in [1.82, 2.24) is 0 Å². The van der Waals surface area contributed by atoms with E-state index in [1.807, 2.05) is 0 Å². The van der Waals surface area contributed by atoms with Gasteiger partial charge in [0.05, 0.1) is 7.11 Å². The molecule has 0 amide bonds. The van der Waals surface area contributed by atoms with E-state index in [4.69, 9.17) is 4.74 Å². The predicted molar refractivity (Wildman–Crippen MR) is 85.0 cm³/mol. The molecule has 0 aliphatic heterocycles. The van der Waals surface area contributed by atoms with Crippen molar-refractivity contribution in [3.8, 4) is 5.75 Å². The molecule has 0 aromatic heterocycles. The van der Waals surface area contributed by atoms with Crippen LogP contribution < -0.4 is 4.74 Å². The molecule has 1 saturated carbocycles. The van der Waals surface area contributed by atoms with E-state index >= 15 is 0 Å². The second-order valence-electron chi connectivity index (χ2n) is 6.42. The van der Waals surface area contributed by atoms with Crippen LogP contribution >= 0.6 is 15.9 Å². The van der Waals surface area contributed by atoms with Crippen LogP contribution in [0.5, 0.6) is 5.75 Å². The molecule has 3 heteroatoms. The van der Waals surface area contributed by atoms with E-state index in [-0.39, 0.29) is 16.1 Å². The molecule has 20 heavy (non-hydrogen) atoms. The van der Waals surface area contributed by atoms with E-state index in [9.17, 15) is 4.39 Å². The maximum atomic E-state index is 13.6. The first-order valence-corrected chi connectivity index (χ1v) is 8.37. The van der Waals surface area contributed by atoms with Crippen molar-refractivity contribution in [2.75, 3.05) is 7.11 Å². The lowest BCUT2D eigenvalue weighted by molar-refractivity contribution is 0.227. The van der Waals surface area contributed by atoms with Gasteiger partial charge in [-0.15, -0.1) is 0 Å². The first kappa shape index (κ1) is 15.8. The smallest absolute Gasteiger partial charge is 0.123 e. The minimum Gasteiger partial charge on any atom is -0.496 e. The van der Waals surface area contributed by atoms with E-state index in [1.165, 1.54) is 38.2 Å². The van der Waals surface area contributed by atoms with Gasteiger partial charge in [-0.3, -0.25) is 0 Å². The van der Waals surface area contributed by atoms with Crippen LogP contribution in [0.4, 0.5) is 4.39 Å². The third-order valence-corrected chi connectivity index (χ3v) is 5.88. The van der Waals surface area contributed by atoms with Gasteiger partial charge in [-0.2, -0.15) is 0 Å². The average Bonchev–Trinajstić information content (AvgIpc) is 2.86. The van der Waals surface area contributed by atoms with Crippen molar-refractivity contribution < 1.29 is 9.13 Å². The molecule has 1 unspecified atom stereocenters. The van der Waals surface area contributed by atoms with E-state index in [0.29, 0.717) is 5.92 Å². The Hall–Kier alpha value is -0.570.